The van der Waals surface area contributed by atoms with E-state index in [1.54, 1.807) is 0 Å². The molecule has 6 heterocycles. The molecule has 0 saturated carbocycles. The number of phosphoric acid groups is 2. The molecular formula is C27H42N10O17P2. The van der Waals surface area contributed by atoms with Gasteiger partial charge in [0.05, 0.1) is 46.7 Å². The Hall–Kier alpha value is -3.76. The van der Waals surface area contributed by atoms with Crippen LogP contribution in [0.3, 0.4) is 0 Å². The number of aliphatic hydroxyl groups excluding tert-OH is 3. The molecule has 2 aliphatic heterocycles. The number of aromatic nitrogens is 8. The van der Waals surface area contributed by atoms with Gasteiger partial charge in [0.25, 0.3) is 38.7 Å². The molecule has 6 rings (SSSR count). The minimum atomic E-state index is -4.98. The van der Waals surface area contributed by atoms with Crippen LogP contribution < -0.4 is 41.5 Å². The SMILES string of the molecule is C.CO[C@@H]1[C@H](O)[C@@H](COP(=O)([O-])OCCOCCOP(=O)([O-])OC[C@H]2O[C@@H]([n+]3cn(C)c4c(=O)[nH]c(N)nc43)[C@H](O)[C@@H]2O)O[C@H]1[n+]1c[nH]c2c(=O)[nH]c(N)nc21. The van der Waals surface area contributed by atoms with Gasteiger partial charge in [0.2, 0.25) is 23.5 Å². The Morgan fingerprint density at radius 1 is 0.839 bits per heavy atom. The molecule has 4 aromatic heterocycles. The number of rotatable bonds is 17. The maximum absolute atomic E-state index is 12.3. The summed E-state index contributed by atoms with van der Waals surface area (Å²) in [6.07, 6.45) is -7.81. The molecule has 0 spiro atoms. The number of anilines is 2. The van der Waals surface area contributed by atoms with Crippen LogP contribution in [0, 0.1) is 0 Å². The zero-order valence-electron chi connectivity index (χ0n) is 28.9. The Labute approximate surface area is 314 Å². The quantitative estimate of drug-likeness (QED) is 0.0280. The third-order valence-electron chi connectivity index (χ3n) is 8.52. The number of aromatic amines is 3. The summed E-state index contributed by atoms with van der Waals surface area (Å²) >= 11 is 0. The minimum Gasteiger partial charge on any atom is -0.756 e. The van der Waals surface area contributed by atoms with E-state index in [9.17, 15) is 43.8 Å². The average molecular weight is 841 g/mol. The monoisotopic (exact) mass is 840 g/mol. The Bertz CT molecular complexity index is 2220. The van der Waals surface area contributed by atoms with Crippen LogP contribution in [0.4, 0.5) is 11.9 Å². The highest BCUT2D eigenvalue weighted by Gasteiger charge is 2.49. The lowest BCUT2D eigenvalue weighted by molar-refractivity contribution is -0.746. The van der Waals surface area contributed by atoms with Gasteiger partial charge in [0.1, 0.15) is 36.6 Å². The number of imidazole rings is 2. The maximum Gasteiger partial charge on any atom is 0.313 e. The number of nitrogens with one attached hydrogen (secondary N) is 3. The topological polar surface area (TPSA) is 387 Å². The van der Waals surface area contributed by atoms with Gasteiger partial charge in [0, 0.05) is 7.11 Å². The summed E-state index contributed by atoms with van der Waals surface area (Å²) in [6, 6.07) is 0. The third-order valence-corrected chi connectivity index (χ3v) is 10.4. The largest absolute Gasteiger partial charge is 0.756 e. The maximum atomic E-state index is 12.3. The van der Waals surface area contributed by atoms with Crippen molar-refractivity contribution in [3.8, 4) is 0 Å². The first-order valence-electron chi connectivity index (χ1n) is 16.2. The Kier molecular flexibility index (Phi) is 13.5. The number of methoxy groups -OCH3 is 1. The molecule has 312 valence electrons. The van der Waals surface area contributed by atoms with E-state index < -0.39 is 102 Å². The molecule has 56 heavy (non-hydrogen) atoms. The standard InChI is InChI=1S/C26H38N10O17P2.CH4/c1-34-10-36(20-14(34)22(41)33-26(28)31-20)23-17(39)15(37)11(52-23)7-50-54(42,43)48-5-3-47-4-6-49-55(44,45)51-8-12-16(38)18(46-2)24(53-12)35-9-29-13-19(35)30-25(27)32-21(13)40;/h9-12,15-18,23-24,37-39H,3-8H2,1-2H3,(H7-,27,28,30,31,32,33,40,41,42,43,44,45);1H4/t11-,12-,15-,16-,17-,18-,23-,24-;/m1./s1. The summed E-state index contributed by atoms with van der Waals surface area (Å²) in [4.78, 5) is 64.6. The lowest BCUT2D eigenvalue weighted by Crippen LogP contribution is -2.46. The number of fused-ring (bicyclic) bond motifs is 2. The van der Waals surface area contributed by atoms with Crippen molar-refractivity contribution in [3.63, 3.8) is 0 Å². The predicted octanol–water partition coefficient (Wildman–Crippen LogP) is -5.19. The molecule has 4 aromatic rings. The number of aryl methyl sites for hydroxylation is 1. The molecule has 2 saturated heterocycles. The van der Waals surface area contributed by atoms with Crippen molar-refractivity contribution in [1.29, 1.82) is 0 Å². The van der Waals surface area contributed by atoms with Crippen molar-refractivity contribution in [2.24, 2.45) is 7.05 Å². The second-order valence-electron chi connectivity index (χ2n) is 12.2. The number of H-pyrrole nitrogens is 3. The van der Waals surface area contributed by atoms with Gasteiger partial charge in [-0.05, 0) is 0 Å². The van der Waals surface area contributed by atoms with E-state index in [-0.39, 0.29) is 54.9 Å². The van der Waals surface area contributed by atoms with E-state index >= 15 is 0 Å². The van der Waals surface area contributed by atoms with Gasteiger partial charge in [-0.15, -0.1) is 0 Å². The summed E-state index contributed by atoms with van der Waals surface area (Å²) in [5.41, 5.74) is 10.5. The Balaban J connectivity index is 0.00000600. The molecule has 0 amide bonds. The fraction of sp³-hybridized carbons (Fsp3) is 0.630. The van der Waals surface area contributed by atoms with E-state index in [4.69, 9.17) is 48.5 Å². The van der Waals surface area contributed by atoms with Gasteiger partial charge >= 0.3 is 11.3 Å². The summed E-state index contributed by atoms with van der Waals surface area (Å²) < 4.78 is 69.7. The average Bonchev–Trinajstić information content (AvgIpc) is 3.84. The first-order chi connectivity index (χ1) is 26.0. The number of hydrogen-bond donors (Lipinski definition) is 8. The first kappa shape index (κ1) is 43.4. The van der Waals surface area contributed by atoms with Gasteiger partial charge in [-0.1, -0.05) is 17.4 Å². The number of nitrogen functional groups attached to an aromatic ring is 2. The molecule has 0 aromatic carbocycles. The van der Waals surface area contributed by atoms with Gasteiger partial charge < -0.3 is 73.6 Å². The summed E-state index contributed by atoms with van der Waals surface area (Å²) in [5.74, 6) is -0.380. The molecule has 10 N–H and O–H groups in total. The number of phosphoric ester groups is 2. The molecule has 0 bridgehead atoms. The molecule has 0 aliphatic carbocycles. The number of aliphatic hydroxyl groups is 3. The smallest absolute Gasteiger partial charge is 0.313 e. The van der Waals surface area contributed by atoms with Crippen molar-refractivity contribution < 1.29 is 80.4 Å². The second kappa shape index (κ2) is 17.4. The zero-order chi connectivity index (χ0) is 39.8. The van der Waals surface area contributed by atoms with Crippen molar-refractivity contribution in [1.82, 2.24) is 29.5 Å². The van der Waals surface area contributed by atoms with Crippen LogP contribution in [-0.4, -0.2) is 128 Å². The molecule has 10 atom stereocenters. The molecule has 2 fully saturated rings. The highest BCUT2D eigenvalue weighted by Crippen LogP contribution is 2.41. The molecule has 27 nitrogen and oxygen atoms in total. The van der Waals surface area contributed by atoms with Crippen molar-refractivity contribution in [3.05, 3.63) is 33.4 Å². The van der Waals surface area contributed by atoms with Crippen LogP contribution in [0.2, 0.25) is 0 Å². The van der Waals surface area contributed by atoms with E-state index in [1.807, 2.05) is 0 Å². The van der Waals surface area contributed by atoms with Gasteiger partial charge in [-0.25, -0.2) is 9.13 Å². The fourth-order valence-electron chi connectivity index (χ4n) is 5.99. The highest BCUT2D eigenvalue weighted by molar-refractivity contribution is 7.46. The van der Waals surface area contributed by atoms with E-state index in [0.29, 0.717) is 0 Å². The lowest BCUT2D eigenvalue weighted by Gasteiger charge is -2.25. The van der Waals surface area contributed by atoms with Crippen LogP contribution in [0.1, 0.15) is 19.9 Å². The lowest BCUT2D eigenvalue weighted by atomic mass is 10.1. The predicted molar refractivity (Wildman–Crippen MR) is 180 cm³/mol. The van der Waals surface area contributed by atoms with Gasteiger partial charge in [0.15, 0.2) is 12.7 Å². The van der Waals surface area contributed by atoms with Crippen LogP contribution >= 0.6 is 15.6 Å². The van der Waals surface area contributed by atoms with E-state index in [1.165, 1.54) is 40.5 Å². The Morgan fingerprint density at radius 3 is 2.00 bits per heavy atom. The van der Waals surface area contributed by atoms with E-state index in [2.05, 4.69) is 24.9 Å². The fourth-order valence-corrected chi connectivity index (χ4v) is 7.40. The minimum absolute atomic E-state index is 0. The van der Waals surface area contributed by atoms with Crippen LogP contribution in [0.15, 0.2) is 22.2 Å². The first-order valence-corrected chi connectivity index (χ1v) is 19.1. The third kappa shape index (κ3) is 9.17. The number of nitrogens with zero attached hydrogens (tertiary/aromatic N) is 5. The molecule has 29 heteroatoms. The van der Waals surface area contributed by atoms with Crippen molar-refractivity contribution in [2.75, 3.05) is 58.2 Å². The molecule has 0 radical (unpaired) electrons. The second-order valence-corrected chi connectivity index (χ2v) is 15.0. The van der Waals surface area contributed by atoms with Crippen molar-refractivity contribution >= 4 is 49.9 Å². The normalized spacial score (nSPS) is 27.4. The summed E-state index contributed by atoms with van der Waals surface area (Å²) in [7, 11) is -7.12. The van der Waals surface area contributed by atoms with Gasteiger partial charge in [-0.2, -0.15) is 0 Å². The molecule has 2 unspecified atom stereocenters. The van der Waals surface area contributed by atoms with Crippen LogP contribution in [-0.2, 0) is 53.2 Å². The van der Waals surface area contributed by atoms with Crippen LogP contribution in [0.5, 0.6) is 0 Å². The highest BCUT2D eigenvalue weighted by atomic mass is 31.2. The van der Waals surface area contributed by atoms with Crippen molar-refractivity contribution in [2.45, 2.75) is 56.5 Å². The summed E-state index contributed by atoms with van der Waals surface area (Å²) in [6.45, 7) is -3.21. The number of hydrogen-bond acceptors (Lipinski definition) is 21. The van der Waals surface area contributed by atoms with Gasteiger partial charge in [-0.3, -0.25) is 38.2 Å². The Morgan fingerprint density at radius 2 is 1.39 bits per heavy atom. The van der Waals surface area contributed by atoms with E-state index in [0.717, 1.165) is 0 Å². The molecular weight excluding hydrogens is 798 g/mol. The summed E-state index contributed by atoms with van der Waals surface area (Å²) in [5, 5.41) is 31.8. The number of nitrogens with two attached hydrogens (primary N) is 2. The number of ether oxygens (including phenoxy) is 4. The molecule has 2 aliphatic rings. The zero-order valence-corrected chi connectivity index (χ0v) is 30.6. The van der Waals surface area contributed by atoms with Crippen LogP contribution in [0.25, 0.3) is 22.3 Å².